The SMILES string of the molecule is COC1CCn2c(C(=O)Nc3ccc(Cl)cc3-c3noc(=O)[nH]3)cc3cccc1c32. The lowest BCUT2D eigenvalue weighted by Gasteiger charge is -2.25. The number of carbonyl (C=O) groups is 1. The van der Waals surface area contributed by atoms with Crippen LogP contribution in [-0.4, -0.2) is 27.7 Å². The molecule has 0 fully saturated rings. The number of aromatic amines is 1. The average molecular weight is 425 g/mol. The van der Waals surface area contributed by atoms with Crippen LogP contribution in [0.1, 0.15) is 28.6 Å². The van der Waals surface area contributed by atoms with Gasteiger partial charge in [0.05, 0.1) is 17.3 Å². The second kappa shape index (κ2) is 7.16. The number of nitrogens with zero attached hydrogens (tertiary/aromatic N) is 2. The Morgan fingerprint density at radius 2 is 2.20 bits per heavy atom. The van der Waals surface area contributed by atoms with Crippen LogP contribution in [0, 0.1) is 0 Å². The first-order valence-corrected chi connectivity index (χ1v) is 9.75. The molecule has 9 heteroatoms. The van der Waals surface area contributed by atoms with Gasteiger partial charge >= 0.3 is 5.76 Å². The predicted octanol–water partition coefficient (Wildman–Crippen LogP) is 3.98. The highest BCUT2D eigenvalue weighted by molar-refractivity contribution is 6.31. The number of halogens is 1. The van der Waals surface area contributed by atoms with Gasteiger partial charge in [-0.25, -0.2) is 4.79 Å². The van der Waals surface area contributed by atoms with Gasteiger partial charge in [0.25, 0.3) is 5.91 Å². The average Bonchev–Trinajstić information content (AvgIpc) is 3.35. The van der Waals surface area contributed by atoms with E-state index < -0.39 is 5.76 Å². The van der Waals surface area contributed by atoms with Crippen LogP contribution < -0.4 is 11.1 Å². The molecule has 152 valence electrons. The fourth-order valence-electron chi connectivity index (χ4n) is 4.03. The van der Waals surface area contributed by atoms with Gasteiger partial charge in [-0.2, -0.15) is 0 Å². The maximum atomic E-state index is 13.2. The molecule has 0 radical (unpaired) electrons. The minimum atomic E-state index is -0.690. The van der Waals surface area contributed by atoms with Gasteiger partial charge in [-0.1, -0.05) is 35.0 Å². The van der Waals surface area contributed by atoms with Crippen molar-refractivity contribution in [3.8, 4) is 11.4 Å². The lowest BCUT2D eigenvalue weighted by Crippen LogP contribution is -2.21. The summed E-state index contributed by atoms with van der Waals surface area (Å²) >= 11 is 6.10. The minimum Gasteiger partial charge on any atom is -0.377 e. The number of carbonyl (C=O) groups excluding carboxylic acids is 1. The molecule has 1 atom stereocenters. The number of ether oxygens (including phenoxy) is 1. The van der Waals surface area contributed by atoms with Gasteiger partial charge in [-0.15, -0.1) is 0 Å². The van der Waals surface area contributed by atoms with Crippen molar-refractivity contribution in [3.05, 3.63) is 69.3 Å². The van der Waals surface area contributed by atoms with Crippen LogP contribution >= 0.6 is 11.6 Å². The molecular formula is C21H17ClN4O4. The highest BCUT2D eigenvalue weighted by Crippen LogP contribution is 2.36. The molecule has 1 aliphatic heterocycles. The van der Waals surface area contributed by atoms with Gasteiger partial charge in [0.1, 0.15) is 5.69 Å². The van der Waals surface area contributed by atoms with E-state index in [9.17, 15) is 9.59 Å². The summed E-state index contributed by atoms with van der Waals surface area (Å²) in [6, 6.07) is 12.8. The van der Waals surface area contributed by atoms with Crippen molar-refractivity contribution < 1.29 is 14.1 Å². The van der Waals surface area contributed by atoms with Crippen molar-refractivity contribution >= 4 is 34.1 Å². The minimum absolute atomic E-state index is 0.0128. The molecule has 0 saturated carbocycles. The van der Waals surface area contributed by atoms with E-state index in [1.54, 1.807) is 25.3 Å². The number of hydrogen-bond donors (Lipinski definition) is 2. The summed E-state index contributed by atoms with van der Waals surface area (Å²) in [5, 5.41) is 8.03. The van der Waals surface area contributed by atoms with E-state index in [0.717, 1.165) is 22.9 Å². The first kappa shape index (κ1) is 18.7. The Balaban J connectivity index is 1.56. The van der Waals surface area contributed by atoms with Crippen LogP contribution in [0.25, 0.3) is 22.3 Å². The van der Waals surface area contributed by atoms with Crippen LogP contribution in [0.15, 0.2) is 51.8 Å². The maximum Gasteiger partial charge on any atom is 0.439 e. The van der Waals surface area contributed by atoms with Crippen molar-refractivity contribution in [1.82, 2.24) is 14.7 Å². The van der Waals surface area contributed by atoms with E-state index in [2.05, 4.69) is 20.0 Å². The van der Waals surface area contributed by atoms with Gasteiger partial charge in [-0.3, -0.25) is 14.3 Å². The van der Waals surface area contributed by atoms with E-state index >= 15 is 0 Å². The summed E-state index contributed by atoms with van der Waals surface area (Å²) in [4.78, 5) is 27.1. The fourth-order valence-corrected chi connectivity index (χ4v) is 4.21. The van der Waals surface area contributed by atoms with Gasteiger partial charge in [-0.05, 0) is 30.7 Å². The third-order valence-corrected chi connectivity index (χ3v) is 5.59. The number of methoxy groups -OCH3 is 1. The first-order valence-electron chi connectivity index (χ1n) is 9.37. The van der Waals surface area contributed by atoms with Gasteiger partial charge in [0, 0.05) is 35.2 Å². The Labute approximate surface area is 175 Å². The molecule has 1 aliphatic rings. The summed E-state index contributed by atoms with van der Waals surface area (Å²) in [6.07, 6.45) is 0.795. The third-order valence-electron chi connectivity index (χ3n) is 5.36. The molecule has 3 heterocycles. The highest BCUT2D eigenvalue weighted by Gasteiger charge is 2.26. The third kappa shape index (κ3) is 3.01. The molecule has 1 amide bonds. The molecule has 2 aromatic heterocycles. The zero-order valence-corrected chi connectivity index (χ0v) is 16.7. The second-order valence-electron chi connectivity index (χ2n) is 7.07. The van der Waals surface area contributed by atoms with Crippen molar-refractivity contribution in [3.63, 3.8) is 0 Å². The molecular weight excluding hydrogens is 408 g/mol. The van der Waals surface area contributed by atoms with E-state index in [1.165, 1.54) is 0 Å². The first-order chi connectivity index (χ1) is 14.5. The summed E-state index contributed by atoms with van der Waals surface area (Å²) in [6.45, 7) is 0.672. The van der Waals surface area contributed by atoms with Gasteiger partial charge in [0.15, 0.2) is 5.82 Å². The molecule has 30 heavy (non-hydrogen) atoms. The molecule has 2 aromatic carbocycles. The van der Waals surface area contributed by atoms with E-state index in [0.29, 0.717) is 28.5 Å². The Morgan fingerprint density at radius 1 is 1.33 bits per heavy atom. The normalized spacial score (nSPS) is 15.5. The monoisotopic (exact) mass is 424 g/mol. The van der Waals surface area contributed by atoms with E-state index in [1.807, 2.05) is 28.8 Å². The van der Waals surface area contributed by atoms with E-state index in [-0.39, 0.29) is 17.8 Å². The number of anilines is 1. The van der Waals surface area contributed by atoms with Crippen molar-refractivity contribution in [1.29, 1.82) is 0 Å². The van der Waals surface area contributed by atoms with Gasteiger partial charge < -0.3 is 14.6 Å². The topological polar surface area (TPSA) is 102 Å². The number of nitrogens with one attached hydrogen (secondary N) is 2. The summed E-state index contributed by atoms with van der Waals surface area (Å²) in [5.74, 6) is -0.781. The Morgan fingerprint density at radius 3 is 2.97 bits per heavy atom. The largest absolute Gasteiger partial charge is 0.439 e. The van der Waals surface area contributed by atoms with E-state index in [4.69, 9.17) is 16.3 Å². The van der Waals surface area contributed by atoms with Crippen molar-refractivity contribution in [2.24, 2.45) is 0 Å². The lowest BCUT2D eigenvalue weighted by atomic mass is 10.0. The van der Waals surface area contributed by atoms with Crippen LogP contribution in [0.2, 0.25) is 5.02 Å². The smallest absolute Gasteiger partial charge is 0.377 e. The van der Waals surface area contributed by atoms with Crippen LogP contribution in [-0.2, 0) is 11.3 Å². The standard InChI is InChI=1S/C21H17ClN4O4/c1-29-17-7-8-26-16(9-11-3-2-4-13(17)18(11)26)20(27)23-15-6-5-12(22)10-14(15)19-24-21(28)30-25-19/h2-6,9-10,17H,7-8H2,1H3,(H,23,27)(H,24,25,28). The highest BCUT2D eigenvalue weighted by atomic mass is 35.5. The number of aryl methyl sites for hydroxylation is 1. The molecule has 0 saturated heterocycles. The number of H-pyrrole nitrogens is 1. The number of benzene rings is 2. The molecule has 1 unspecified atom stereocenters. The summed E-state index contributed by atoms with van der Waals surface area (Å²) < 4.78 is 12.2. The number of para-hydroxylation sites is 1. The maximum absolute atomic E-state index is 13.2. The molecule has 0 aliphatic carbocycles. The molecule has 2 N–H and O–H groups in total. The summed E-state index contributed by atoms with van der Waals surface area (Å²) in [7, 11) is 1.70. The van der Waals surface area contributed by atoms with Crippen molar-refractivity contribution in [2.75, 3.05) is 12.4 Å². The molecule has 0 bridgehead atoms. The van der Waals surface area contributed by atoms with Crippen LogP contribution in [0.5, 0.6) is 0 Å². The molecule has 4 aromatic rings. The number of hydrogen-bond acceptors (Lipinski definition) is 5. The summed E-state index contributed by atoms with van der Waals surface area (Å²) in [5.41, 5.74) is 3.54. The zero-order valence-electron chi connectivity index (χ0n) is 15.9. The molecule has 0 spiro atoms. The Hall–Kier alpha value is -3.36. The Bertz CT molecular complexity index is 1340. The number of rotatable bonds is 4. The van der Waals surface area contributed by atoms with Gasteiger partial charge in [0.2, 0.25) is 0 Å². The zero-order chi connectivity index (χ0) is 20.8. The quantitative estimate of drug-likeness (QED) is 0.516. The number of aromatic nitrogens is 3. The Kier molecular flexibility index (Phi) is 4.45. The molecule has 5 rings (SSSR count). The van der Waals surface area contributed by atoms with Crippen LogP contribution in [0.4, 0.5) is 5.69 Å². The predicted molar refractivity (Wildman–Crippen MR) is 112 cm³/mol. The van der Waals surface area contributed by atoms with Crippen LogP contribution in [0.3, 0.4) is 0 Å². The fraction of sp³-hybridized carbons (Fsp3) is 0.190. The number of amides is 1. The van der Waals surface area contributed by atoms with Crippen molar-refractivity contribution in [2.45, 2.75) is 19.1 Å². The lowest BCUT2D eigenvalue weighted by molar-refractivity contribution is 0.0874. The molecule has 8 nitrogen and oxygen atoms in total. The second-order valence-corrected chi connectivity index (χ2v) is 7.50.